The minimum Gasteiger partial charge on any atom is -0.378 e. The van der Waals surface area contributed by atoms with Gasteiger partial charge in [-0.2, -0.15) is 0 Å². The molecule has 0 aliphatic carbocycles. The zero-order valence-corrected chi connectivity index (χ0v) is 16.4. The number of ether oxygens (including phenoxy) is 2. The van der Waals surface area contributed by atoms with Crippen LogP contribution in [-0.4, -0.2) is 58.5 Å². The summed E-state index contributed by atoms with van der Waals surface area (Å²) in [5.74, 6) is -0.595. The Morgan fingerprint density at radius 3 is 2.28 bits per heavy atom. The van der Waals surface area contributed by atoms with E-state index in [1.54, 1.807) is 18.2 Å². The van der Waals surface area contributed by atoms with E-state index in [4.69, 9.17) is 9.47 Å². The van der Waals surface area contributed by atoms with E-state index in [1.165, 1.54) is 6.07 Å². The van der Waals surface area contributed by atoms with E-state index in [1.807, 2.05) is 12.1 Å². The van der Waals surface area contributed by atoms with Crippen LogP contribution in [0.5, 0.6) is 0 Å². The van der Waals surface area contributed by atoms with Gasteiger partial charge in [-0.3, -0.25) is 4.79 Å². The number of nitrogens with one attached hydrogen (secondary N) is 1. The van der Waals surface area contributed by atoms with Crippen LogP contribution in [-0.2, 0) is 20.7 Å². The summed E-state index contributed by atoms with van der Waals surface area (Å²) in [6.07, 6.45) is 0.000436. The van der Waals surface area contributed by atoms with Crippen molar-refractivity contribution in [3.05, 3.63) is 53.8 Å². The van der Waals surface area contributed by atoms with E-state index in [0.717, 1.165) is 43.2 Å². The molecule has 2 heterocycles. The second-order valence-electron chi connectivity index (χ2n) is 7.22. The Bertz CT molecular complexity index is 849. The summed E-state index contributed by atoms with van der Waals surface area (Å²) in [4.78, 5) is 17.1. The van der Waals surface area contributed by atoms with E-state index in [2.05, 4.69) is 21.2 Å². The standard InChI is InChI=1S/C22H26FN3O3/c23-19-4-2-1-3-17(19)15-22(27)24-20-6-5-18(25-7-11-28-12-8-25)16-21(20)26-9-13-29-14-10-26/h1-6,16H,7-15H2,(H,24,27). The molecule has 0 unspecified atom stereocenters. The van der Waals surface area contributed by atoms with Crippen LogP contribution in [0.15, 0.2) is 42.5 Å². The second kappa shape index (κ2) is 9.24. The molecule has 1 amide bonds. The normalized spacial score (nSPS) is 17.3. The highest BCUT2D eigenvalue weighted by Crippen LogP contribution is 2.32. The van der Waals surface area contributed by atoms with Crippen molar-refractivity contribution >= 4 is 23.0 Å². The number of carbonyl (C=O) groups excluding carboxylic acids is 1. The lowest BCUT2D eigenvalue weighted by molar-refractivity contribution is -0.115. The highest BCUT2D eigenvalue weighted by atomic mass is 19.1. The summed E-state index contributed by atoms with van der Waals surface area (Å²) < 4.78 is 24.8. The van der Waals surface area contributed by atoms with Gasteiger partial charge in [0, 0.05) is 31.9 Å². The number of anilines is 3. The molecular weight excluding hydrogens is 373 g/mol. The maximum atomic E-state index is 13.9. The molecule has 2 fully saturated rings. The average molecular weight is 399 g/mol. The number of halogens is 1. The van der Waals surface area contributed by atoms with E-state index >= 15 is 0 Å². The van der Waals surface area contributed by atoms with E-state index in [0.29, 0.717) is 32.0 Å². The average Bonchev–Trinajstić information content (AvgIpc) is 2.77. The molecular formula is C22H26FN3O3. The van der Waals surface area contributed by atoms with Gasteiger partial charge in [0.15, 0.2) is 0 Å². The fourth-order valence-corrected chi connectivity index (χ4v) is 3.72. The molecule has 2 aliphatic heterocycles. The largest absolute Gasteiger partial charge is 0.378 e. The van der Waals surface area contributed by atoms with Crippen LogP contribution in [0.4, 0.5) is 21.5 Å². The Balaban J connectivity index is 1.55. The number of benzene rings is 2. The van der Waals surface area contributed by atoms with Gasteiger partial charge >= 0.3 is 0 Å². The number of nitrogens with zero attached hydrogens (tertiary/aromatic N) is 2. The number of amides is 1. The molecule has 0 radical (unpaired) electrons. The van der Waals surface area contributed by atoms with Crippen molar-refractivity contribution in [3.63, 3.8) is 0 Å². The molecule has 0 bridgehead atoms. The summed E-state index contributed by atoms with van der Waals surface area (Å²) in [5, 5.41) is 2.98. The maximum Gasteiger partial charge on any atom is 0.228 e. The van der Waals surface area contributed by atoms with Gasteiger partial charge in [0.05, 0.1) is 44.2 Å². The summed E-state index contributed by atoms with van der Waals surface area (Å²) >= 11 is 0. The van der Waals surface area contributed by atoms with Crippen molar-refractivity contribution in [1.29, 1.82) is 0 Å². The van der Waals surface area contributed by atoms with Gasteiger partial charge in [-0.15, -0.1) is 0 Å². The van der Waals surface area contributed by atoms with Crippen molar-refractivity contribution in [2.24, 2.45) is 0 Å². The van der Waals surface area contributed by atoms with E-state index in [-0.39, 0.29) is 18.1 Å². The zero-order chi connectivity index (χ0) is 20.1. The smallest absolute Gasteiger partial charge is 0.228 e. The summed E-state index contributed by atoms with van der Waals surface area (Å²) in [7, 11) is 0. The lowest BCUT2D eigenvalue weighted by Crippen LogP contribution is -2.38. The minimum absolute atomic E-state index is 0.000436. The lowest BCUT2D eigenvalue weighted by Gasteiger charge is -2.33. The van der Waals surface area contributed by atoms with Crippen LogP contribution in [0, 0.1) is 5.82 Å². The second-order valence-corrected chi connectivity index (χ2v) is 7.22. The third-order valence-corrected chi connectivity index (χ3v) is 5.29. The lowest BCUT2D eigenvalue weighted by atomic mass is 10.1. The first-order valence-electron chi connectivity index (χ1n) is 10.0. The first-order chi connectivity index (χ1) is 14.2. The van der Waals surface area contributed by atoms with Gasteiger partial charge in [-0.1, -0.05) is 18.2 Å². The number of hydrogen-bond acceptors (Lipinski definition) is 5. The molecule has 1 N–H and O–H groups in total. The summed E-state index contributed by atoms with van der Waals surface area (Å²) in [6, 6.07) is 12.5. The molecule has 29 heavy (non-hydrogen) atoms. The summed E-state index contributed by atoms with van der Waals surface area (Å²) in [5.41, 5.74) is 3.22. The van der Waals surface area contributed by atoms with Crippen molar-refractivity contribution in [3.8, 4) is 0 Å². The number of morpholine rings is 2. The molecule has 0 spiro atoms. The Morgan fingerprint density at radius 2 is 1.59 bits per heavy atom. The van der Waals surface area contributed by atoms with E-state index in [9.17, 15) is 9.18 Å². The highest BCUT2D eigenvalue weighted by molar-refractivity contribution is 5.96. The summed E-state index contributed by atoms with van der Waals surface area (Å²) in [6.45, 7) is 5.98. The Kier molecular flexibility index (Phi) is 6.27. The van der Waals surface area contributed by atoms with Crippen molar-refractivity contribution < 1.29 is 18.7 Å². The molecule has 7 heteroatoms. The molecule has 2 aliphatic rings. The Labute approximate surface area is 170 Å². The molecule has 154 valence electrons. The number of rotatable bonds is 5. The van der Waals surface area contributed by atoms with Crippen LogP contribution < -0.4 is 15.1 Å². The van der Waals surface area contributed by atoms with Crippen molar-refractivity contribution in [1.82, 2.24) is 0 Å². The van der Waals surface area contributed by atoms with Gasteiger partial charge in [-0.05, 0) is 29.8 Å². The molecule has 2 aromatic carbocycles. The predicted molar refractivity (Wildman–Crippen MR) is 111 cm³/mol. The topological polar surface area (TPSA) is 54.0 Å². The van der Waals surface area contributed by atoms with Gasteiger partial charge in [0.1, 0.15) is 5.82 Å². The predicted octanol–water partition coefficient (Wildman–Crippen LogP) is 2.68. The maximum absolute atomic E-state index is 13.9. The monoisotopic (exact) mass is 399 g/mol. The quantitative estimate of drug-likeness (QED) is 0.838. The highest BCUT2D eigenvalue weighted by Gasteiger charge is 2.20. The van der Waals surface area contributed by atoms with Crippen molar-refractivity contribution in [2.75, 3.05) is 67.7 Å². The van der Waals surface area contributed by atoms with Gasteiger partial charge in [-0.25, -0.2) is 4.39 Å². The van der Waals surface area contributed by atoms with Crippen molar-refractivity contribution in [2.45, 2.75) is 6.42 Å². The van der Waals surface area contributed by atoms with Crippen LogP contribution in [0.1, 0.15) is 5.56 Å². The Morgan fingerprint density at radius 1 is 0.931 bits per heavy atom. The fraction of sp³-hybridized carbons (Fsp3) is 0.409. The number of carbonyl (C=O) groups is 1. The fourth-order valence-electron chi connectivity index (χ4n) is 3.72. The Hall–Kier alpha value is -2.64. The minimum atomic E-state index is -0.362. The van der Waals surface area contributed by atoms with Crippen LogP contribution in [0.2, 0.25) is 0 Å². The molecule has 2 aromatic rings. The molecule has 0 atom stereocenters. The van der Waals surface area contributed by atoms with Gasteiger partial charge in [0.25, 0.3) is 0 Å². The molecule has 0 saturated carbocycles. The molecule has 0 aromatic heterocycles. The molecule has 6 nitrogen and oxygen atoms in total. The third-order valence-electron chi connectivity index (χ3n) is 5.29. The van der Waals surface area contributed by atoms with Gasteiger partial charge < -0.3 is 24.6 Å². The first kappa shape index (κ1) is 19.7. The van der Waals surface area contributed by atoms with E-state index < -0.39 is 0 Å². The first-order valence-corrected chi connectivity index (χ1v) is 10.0. The number of hydrogen-bond donors (Lipinski definition) is 1. The third kappa shape index (κ3) is 4.86. The molecule has 2 saturated heterocycles. The SMILES string of the molecule is O=C(Cc1ccccc1F)Nc1ccc(N2CCOCC2)cc1N1CCOCC1. The van der Waals surface area contributed by atoms with Gasteiger partial charge in [0.2, 0.25) is 5.91 Å². The van der Waals surface area contributed by atoms with Crippen LogP contribution in [0.25, 0.3) is 0 Å². The van der Waals surface area contributed by atoms with Crippen LogP contribution >= 0.6 is 0 Å². The van der Waals surface area contributed by atoms with Crippen LogP contribution in [0.3, 0.4) is 0 Å². The zero-order valence-electron chi connectivity index (χ0n) is 16.4. The molecule has 4 rings (SSSR count).